The van der Waals surface area contributed by atoms with Crippen molar-refractivity contribution in [1.29, 1.82) is 0 Å². The molecule has 1 aromatic rings. The zero-order chi connectivity index (χ0) is 12.0. The molecule has 1 heterocycles. The summed E-state index contributed by atoms with van der Waals surface area (Å²) in [5.74, 6) is -0.142. The van der Waals surface area contributed by atoms with Crippen molar-refractivity contribution in [3.05, 3.63) is 35.2 Å². The minimum atomic E-state index is -0.142. The van der Waals surface area contributed by atoms with Gasteiger partial charge in [-0.05, 0) is 19.9 Å². The van der Waals surface area contributed by atoms with Crippen molar-refractivity contribution in [2.45, 2.75) is 13.8 Å². The van der Waals surface area contributed by atoms with E-state index in [2.05, 4.69) is 15.5 Å². The van der Waals surface area contributed by atoms with Gasteiger partial charge in [-0.25, -0.2) is 0 Å². The Hall–Kier alpha value is -1.75. The molecule has 0 saturated heterocycles. The third-order valence-electron chi connectivity index (χ3n) is 2.03. The van der Waals surface area contributed by atoms with Gasteiger partial charge < -0.3 is 11.1 Å². The predicted octanol–water partition coefficient (Wildman–Crippen LogP) is 0.338. The van der Waals surface area contributed by atoms with Gasteiger partial charge in [0.2, 0.25) is 0 Å². The molecule has 86 valence electrons. The molecule has 0 bridgehead atoms. The molecule has 1 aromatic heterocycles. The standard InChI is InChI=1S/C11H16N4O/c1-8-7-10(9(2)15-14-8)11(16)13-6-4-3-5-12/h3-4,7H,5-6,12H2,1-2H3,(H,13,16)/b4-3+. The van der Waals surface area contributed by atoms with Gasteiger partial charge in [-0.3, -0.25) is 4.79 Å². The third kappa shape index (κ3) is 3.43. The lowest BCUT2D eigenvalue weighted by Gasteiger charge is -2.05. The maximum Gasteiger partial charge on any atom is 0.253 e. The van der Waals surface area contributed by atoms with Crippen molar-refractivity contribution in [3.8, 4) is 0 Å². The molecule has 0 unspecified atom stereocenters. The first kappa shape index (κ1) is 12.3. The number of rotatable bonds is 4. The molecule has 0 atom stereocenters. The number of carbonyl (C=O) groups excluding carboxylic acids is 1. The van der Waals surface area contributed by atoms with Gasteiger partial charge in [0.05, 0.1) is 17.0 Å². The van der Waals surface area contributed by atoms with Gasteiger partial charge in [-0.15, -0.1) is 0 Å². The van der Waals surface area contributed by atoms with Gasteiger partial charge in [-0.2, -0.15) is 10.2 Å². The van der Waals surface area contributed by atoms with Crippen molar-refractivity contribution in [3.63, 3.8) is 0 Å². The summed E-state index contributed by atoms with van der Waals surface area (Å²) in [5, 5.41) is 10.5. The average Bonchev–Trinajstić information content (AvgIpc) is 2.27. The van der Waals surface area contributed by atoms with Crippen LogP contribution in [0, 0.1) is 13.8 Å². The summed E-state index contributed by atoms with van der Waals surface area (Å²) in [7, 11) is 0. The number of nitrogens with two attached hydrogens (primary N) is 1. The molecule has 0 fully saturated rings. The number of hydrogen-bond donors (Lipinski definition) is 2. The Morgan fingerprint density at radius 2 is 2.19 bits per heavy atom. The van der Waals surface area contributed by atoms with Crippen molar-refractivity contribution >= 4 is 5.91 Å². The summed E-state index contributed by atoms with van der Waals surface area (Å²) in [6.45, 7) is 4.51. The quantitative estimate of drug-likeness (QED) is 0.717. The lowest BCUT2D eigenvalue weighted by molar-refractivity contribution is 0.0956. The van der Waals surface area contributed by atoms with E-state index in [0.29, 0.717) is 24.3 Å². The first-order valence-electron chi connectivity index (χ1n) is 5.09. The molecule has 0 aromatic carbocycles. The number of nitrogens with zero attached hydrogens (tertiary/aromatic N) is 2. The lowest BCUT2D eigenvalue weighted by Crippen LogP contribution is -2.25. The van der Waals surface area contributed by atoms with E-state index >= 15 is 0 Å². The number of aryl methyl sites for hydroxylation is 2. The molecule has 0 aliphatic heterocycles. The van der Waals surface area contributed by atoms with E-state index in [9.17, 15) is 4.79 Å². The number of hydrogen-bond acceptors (Lipinski definition) is 4. The maximum atomic E-state index is 11.7. The highest BCUT2D eigenvalue weighted by Crippen LogP contribution is 2.04. The van der Waals surface area contributed by atoms with Gasteiger partial charge in [0.25, 0.3) is 5.91 Å². The fourth-order valence-electron chi connectivity index (χ4n) is 1.21. The molecule has 16 heavy (non-hydrogen) atoms. The number of amides is 1. The normalized spacial score (nSPS) is 10.7. The zero-order valence-electron chi connectivity index (χ0n) is 9.53. The monoisotopic (exact) mass is 220 g/mol. The van der Waals surface area contributed by atoms with Crippen LogP contribution >= 0.6 is 0 Å². The minimum absolute atomic E-state index is 0.142. The summed E-state index contributed by atoms with van der Waals surface area (Å²) in [6.07, 6.45) is 3.61. The van der Waals surface area contributed by atoms with E-state index in [-0.39, 0.29) is 5.91 Å². The van der Waals surface area contributed by atoms with Crippen molar-refractivity contribution in [2.75, 3.05) is 13.1 Å². The van der Waals surface area contributed by atoms with Gasteiger partial charge in [0.1, 0.15) is 0 Å². The molecule has 0 radical (unpaired) electrons. The van der Waals surface area contributed by atoms with E-state index in [0.717, 1.165) is 5.69 Å². The van der Waals surface area contributed by atoms with Crippen LogP contribution in [0.1, 0.15) is 21.7 Å². The summed E-state index contributed by atoms with van der Waals surface area (Å²) in [6, 6.07) is 1.73. The zero-order valence-corrected chi connectivity index (χ0v) is 9.53. The SMILES string of the molecule is Cc1cc(C(=O)NC/C=C/CN)c(C)nn1. The first-order valence-corrected chi connectivity index (χ1v) is 5.09. The van der Waals surface area contributed by atoms with Crippen LogP contribution in [0.3, 0.4) is 0 Å². The van der Waals surface area contributed by atoms with E-state index in [1.807, 2.05) is 6.08 Å². The van der Waals surface area contributed by atoms with Crippen LogP contribution < -0.4 is 11.1 Å². The number of nitrogens with one attached hydrogen (secondary N) is 1. The Bertz CT molecular complexity index is 401. The van der Waals surface area contributed by atoms with Gasteiger partial charge in [-0.1, -0.05) is 12.2 Å². The van der Waals surface area contributed by atoms with E-state index in [1.54, 1.807) is 26.0 Å². The summed E-state index contributed by atoms with van der Waals surface area (Å²) in [4.78, 5) is 11.7. The molecule has 0 saturated carbocycles. The topological polar surface area (TPSA) is 80.9 Å². The van der Waals surface area contributed by atoms with Crippen LogP contribution in [0.2, 0.25) is 0 Å². The second-order valence-electron chi connectivity index (χ2n) is 3.40. The Labute approximate surface area is 94.8 Å². The van der Waals surface area contributed by atoms with Gasteiger partial charge in [0, 0.05) is 13.1 Å². The largest absolute Gasteiger partial charge is 0.349 e. The Morgan fingerprint density at radius 3 is 2.88 bits per heavy atom. The van der Waals surface area contributed by atoms with Gasteiger partial charge in [0.15, 0.2) is 0 Å². The minimum Gasteiger partial charge on any atom is -0.349 e. The van der Waals surface area contributed by atoms with Crippen LogP contribution in [-0.2, 0) is 0 Å². The molecular formula is C11H16N4O. The average molecular weight is 220 g/mol. The Balaban J connectivity index is 2.65. The Morgan fingerprint density at radius 1 is 1.44 bits per heavy atom. The molecule has 1 amide bonds. The highest BCUT2D eigenvalue weighted by atomic mass is 16.1. The molecule has 0 spiro atoms. The fraction of sp³-hybridized carbons (Fsp3) is 0.364. The van der Waals surface area contributed by atoms with Crippen LogP contribution in [-0.4, -0.2) is 29.2 Å². The molecule has 5 nitrogen and oxygen atoms in total. The summed E-state index contributed by atoms with van der Waals surface area (Å²) >= 11 is 0. The number of carbonyl (C=O) groups is 1. The molecule has 5 heteroatoms. The van der Waals surface area contributed by atoms with Crippen LogP contribution in [0.5, 0.6) is 0 Å². The Kier molecular flexibility index (Phi) is 4.60. The van der Waals surface area contributed by atoms with E-state index < -0.39 is 0 Å². The third-order valence-corrected chi connectivity index (χ3v) is 2.03. The predicted molar refractivity (Wildman–Crippen MR) is 62.0 cm³/mol. The maximum absolute atomic E-state index is 11.7. The highest BCUT2D eigenvalue weighted by molar-refractivity contribution is 5.95. The molecule has 3 N–H and O–H groups in total. The number of aromatic nitrogens is 2. The molecule has 1 rings (SSSR count). The first-order chi connectivity index (χ1) is 7.65. The van der Waals surface area contributed by atoms with Crippen molar-refractivity contribution in [1.82, 2.24) is 15.5 Å². The molecule has 0 aliphatic carbocycles. The smallest absolute Gasteiger partial charge is 0.253 e. The van der Waals surface area contributed by atoms with Gasteiger partial charge >= 0.3 is 0 Å². The van der Waals surface area contributed by atoms with E-state index in [4.69, 9.17) is 5.73 Å². The van der Waals surface area contributed by atoms with Crippen LogP contribution in [0.25, 0.3) is 0 Å². The second-order valence-corrected chi connectivity index (χ2v) is 3.40. The van der Waals surface area contributed by atoms with Crippen LogP contribution in [0.4, 0.5) is 0 Å². The van der Waals surface area contributed by atoms with Crippen LogP contribution in [0.15, 0.2) is 18.2 Å². The second kappa shape index (κ2) is 5.97. The molecular weight excluding hydrogens is 204 g/mol. The molecule has 0 aliphatic rings. The van der Waals surface area contributed by atoms with E-state index in [1.165, 1.54) is 0 Å². The van der Waals surface area contributed by atoms with Crippen molar-refractivity contribution < 1.29 is 4.79 Å². The van der Waals surface area contributed by atoms with Crippen molar-refractivity contribution in [2.24, 2.45) is 5.73 Å². The summed E-state index contributed by atoms with van der Waals surface area (Å²) < 4.78 is 0. The fourth-order valence-corrected chi connectivity index (χ4v) is 1.21. The summed E-state index contributed by atoms with van der Waals surface area (Å²) in [5.41, 5.74) is 7.21. The lowest BCUT2D eigenvalue weighted by atomic mass is 10.2. The highest BCUT2D eigenvalue weighted by Gasteiger charge is 2.09.